The number of hydrogen-bond donors (Lipinski definition) is 2. The molecule has 0 spiro atoms. The molecule has 2 amide bonds. The van der Waals surface area contributed by atoms with Crippen LogP contribution in [0.15, 0.2) is 60.7 Å². The highest BCUT2D eigenvalue weighted by molar-refractivity contribution is 7.17. The van der Waals surface area contributed by atoms with Gasteiger partial charge in [0.15, 0.2) is 0 Å². The number of nitrogens with two attached hydrogens (primary N) is 2. The molecule has 4 aromatic rings. The summed E-state index contributed by atoms with van der Waals surface area (Å²) in [6, 6.07) is 18.8. The SMILES string of the molecule is CC(C)Cc1nc2c(c(-c3ccc(C(N)=O)s3)c1C(N)=O)CCC2Cc1ccc(F)cc1.c1ccc2c(c1)CCC2. The molecule has 7 heteroatoms. The smallest absolute Gasteiger partial charge is 0.258 e. The lowest BCUT2D eigenvalue weighted by Gasteiger charge is -2.19. The largest absolute Gasteiger partial charge is 0.366 e. The molecule has 2 aliphatic rings. The second-order valence-electron chi connectivity index (χ2n) is 11.4. The summed E-state index contributed by atoms with van der Waals surface area (Å²) in [5.74, 6) is -0.814. The van der Waals surface area contributed by atoms with Crippen molar-refractivity contribution in [1.82, 2.24) is 4.98 Å². The first-order valence-corrected chi connectivity index (χ1v) is 15.1. The van der Waals surface area contributed by atoms with Crippen LogP contribution in [0.2, 0.25) is 0 Å². The van der Waals surface area contributed by atoms with Crippen LogP contribution < -0.4 is 11.5 Å². The molecule has 0 aliphatic heterocycles. The highest BCUT2D eigenvalue weighted by Gasteiger charge is 2.32. The van der Waals surface area contributed by atoms with Crippen molar-refractivity contribution in [1.29, 1.82) is 0 Å². The van der Waals surface area contributed by atoms with Crippen LogP contribution in [-0.2, 0) is 32.1 Å². The third kappa shape index (κ3) is 6.41. The highest BCUT2D eigenvalue weighted by atomic mass is 32.1. The fraction of sp³-hybridized carbons (Fsp3) is 0.324. The Kier molecular flexibility index (Phi) is 8.64. The molecule has 0 saturated heterocycles. The summed E-state index contributed by atoms with van der Waals surface area (Å²) in [5.41, 5.74) is 19.4. The minimum Gasteiger partial charge on any atom is -0.366 e. The standard InChI is InChI=1S/C25H26FN3O2S.C9H10/c1-13(2)11-18-22(25(28)31)21(19-9-10-20(32-19)24(27)30)17-8-5-15(23(17)29-18)12-14-3-6-16(26)7-4-14;1-2-5-9-7-3-6-8(9)4-1/h3-4,6-7,9-10,13,15H,5,8,11-12H2,1-2H3,(H2,27,30)(H2,28,31);1-2,4-5H,3,6-7H2. The number of aryl methyl sites for hydroxylation is 2. The molecular formula is C34H36FN3O2S. The fourth-order valence-corrected chi connectivity index (χ4v) is 6.97. The molecule has 0 saturated carbocycles. The van der Waals surface area contributed by atoms with Crippen LogP contribution in [0.1, 0.15) is 86.3 Å². The number of hydrogen-bond acceptors (Lipinski definition) is 4. The number of halogens is 1. The molecule has 212 valence electrons. The lowest BCUT2D eigenvalue weighted by molar-refractivity contribution is 0.0993. The van der Waals surface area contributed by atoms with Gasteiger partial charge >= 0.3 is 0 Å². The van der Waals surface area contributed by atoms with E-state index in [-0.39, 0.29) is 17.7 Å². The van der Waals surface area contributed by atoms with Gasteiger partial charge in [-0.15, -0.1) is 11.3 Å². The molecule has 6 rings (SSSR count). The van der Waals surface area contributed by atoms with Crippen LogP contribution in [0.3, 0.4) is 0 Å². The van der Waals surface area contributed by atoms with Crippen LogP contribution >= 0.6 is 11.3 Å². The first-order valence-electron chi connectivity index (χ1n) is 14.3. The van der Waals surface area contributed by atoms with E-state index in [0.29, 0.717) is 22.6 Å². The van der Waals surface area contributed by atoms with Gasteiger partial charge in [0.2, 0.25) is 0 Å². The lowest BCUT2D eigenvalue weighted by Crippen LogP contribution is -2.20. The quantitative estimate of drug-likeness (QED) is 0.256. The predicted octanol–water partition coefficient (Wildman–Crippen LogP) is 6.79. The number of primary amides is 2. The zero-order valence-corrected chi connectivity index (χ0v) is 24.4. The zero-order valence-electron chi connectivity index (χ0n) is 23.6. The van der Waals surface area contributed by atoms with Crippen molar-refractivity contribution in [3.05, 3.63) is 111 Å². The number of nitrogens with zero attached hydrogens (tertiary/aromatic N) is 1. The normalized spacial score (nSPS) is 15.3. The van der Waals surface area contributed by atoms with Gasteiger partial charge < -0.3 is 11.5 Å². The minimum atomic E-state index is -0.512. The van der Waals surface area contributed by atoms with Crippen molar-refractivity contribution in [2.75, 3.05) is 0 Å². The highest BCUT2D eigenvalue weighted by Crippen LogP contribution is 2.44. The number of amides is 2. The second kappa shape index (κ2) is 12.4. The molecule has 41 heavy (non-hydrogen) atoms. The number of rotatable bonds is 7. The number of fused-ring (bicyclic) bond motifs is 2. The molecule has 0 radical (unpaired) electrons. The maximum Gasteiger partial charge on any atom is 0.258 e. The Balaban J connectivity index is 0.000000315. The van der Waals surface area contributed by atoms with Crippen molar-refractivity contribution in [3.8, 4) is 10.4 Å². The predicted molar refractivity (Wildman–Crippen MR) is 163 cm³/mol. The number of carbonyl (C=O) groups excluding carboxylic acids is 2. The Bertz CT molecular complexity index is 1550. The molecule has 2 heterocycles. The van der Waals surface area contributed by atoms with E-state index in [2.05, 4.69) is 38.1 Å². The molecule has 5 nitrogen and oxygen atoms in total. The van der Waals surface area contributed by atoms with Crippen molar-refractivity contribution >= 4 is 23.2 Å². The van der Waals surface area contributed by atoms with Crippen LogP contribution in [-0.4, -0.2) is 16.8 Å². The Morgan fingerprint density at radius 2 is 1.63 bits per heavy atom. The molecule has 1 unspecified atom stereocenters. The van der Waals surface area contributed by atoms with Crippen LogP contribution in [0, 0.1) is 11.7 Å². The minimum absolute atomic E-state index is 0.164. The lowest BCUT2D eigenvalue weighted by atomic mass is 9.91. The maximum atomic E-state index is 13.3. The average Bonchev–Trinajstić information content (AvgIpc) is 3.69. The van der Waals surface area contributed by atoms with E-state index in [1.165, 1.54) is 42.7 Å². The van der Waals surface area contributed by atoms with Gasteiger partial charge in [0, 0.05) is 22.1 Å². The van der Waals surface area contributed by atoms with Crippen molar-refractivity contribution in [3.63, 3.8) is 0 Å². The van der Waals surface area contributed by atoms with E-state index in [9.17, 15) is 14.0 Å². The van der Waals surface area contributed by atoms with Gasteiger partial charge in [-0.25, -0.2) is 4.39 Å². The molecule has 4 N–H and O–H groups in total. The number of pyridine rings is 1. The molecule has 2 aromatic carbocycles. The summed E-state index contributed by atoms with van der Waals surface area (Å²) in [5, 5.41) is 0. The number of aromatic nitrogens is 1. The van der Waals surface area contributed by atoms with Crippen LogP contribution in [0.5, 0.6) is 0 Å². The third-order valence-electron chi connectivity index (χ3n) is 7.88. The Hall–Kier alpha value is -3.84. The third-order valence-corrected chi connectivity index (χ3v) is 9.00. The Labute approximate surface area is 244 Å². The van der Waals surface area contributed by atoms with E-state index in [4.69, 9.17) is 16.5 Å². The van der Waals surface area contributed by atoms with Gasteiger partial charge in [-0.3, -0.25) is 14.6 Å². The maximum absolute atomic E-state index is 13.3. The topological polar surface area (TPSA) is 99.1 Å². The second-order valence-corrected chi connectivity index (χ2v) is 12.4. The molecule has 0 bridgehead atoms. The molecule has 2 aromatic heterocycles. The van der Waals surface area contributed by atoms with E-state index in [1.807, 2.05) is 6.07 Å². The van der Waals surface area contributed by atoms with Crippen molar-refractivity contribution < 1.29 is 14.0 Å². The van der Waals surface area contributed by atoms with Gasteiger partial charge in [-0.1, -0.05) is 50.2 Å². The molecule has 0 fully saturated rings. The van der Waals surface area contributed by atoms with Crippen molar-refractivity contribution in [2.24, 2.45) is 17.4 Å². The van der Waals surface area contributed by atoms with Gasteiger partial charge in [0.25, 0.3) is 11.8 Å². The van der Waals surface area contributed by atoms with Gasteiger partial charge in [0.1, 0.15) is 5.82 Å². The Morgan fingerprint density at radius 1 is 0.951 bits per heavy atom. The molecule has 1 atom stereocenters. The number of thiophene rings is 1. The fourth-order valence-electron chi connectivity index (χ4n) is 6.03. The first kappa shape index (κ1) is 28.7. The zero-order chi connectivity index (χ0) is 29.1. The number of benzene rings is 2. The summed E-state index contributed by atoms with van der Waals surface area (Å²) < 4.78 is 13.3. The van der Waals surface area contributed by atoms with Gasteiger partial charge in [-0.05, 0) is 97.4 Å². The first-order chi connectivity index (χ1) is 19.7. The number of carbonyl (C=O) groups is 2. The van der Waals surface area contributed by atoms with E-state index in [0.717, 1.165) is 46.5 Å². The summed E-state index contributed by atoms with van der Waals surface area (Å²) >= 11 is 1.27. The summed E-state index contributed by atoms with van der Waals surface area (Å²) in [4.78, 5) is 30.5. The van der Waals surface area contributed by atoms with Gasteiger partial charge in [-0.2, -0.15) is 0 Å². The van der Waals surface area contributed by atoms with Gasteiger partial charge in [0.05, 0.1) is 16.1 Å². The van der Waals surface area contributed by atoms with E-state index in [1.54, 1.807) is 29.3 Å². The van der Waals surface area contributed by atoms with E-state index >= 15 is 0 Å². The Morgan fingerprint density at radius 3 is 2.22 bits per heavy atom. The summed E-state index contributed by atoms with van der Waals surface area (Å²) in [6.07, 6.45) is 6.97. The molecule has 2 aliphatic carbocycles. The van der Waals surface area contributed by atoms with Crippen LogP contribution in [0.25, 0.3) is 10.4 Å². The summed E-state index contributed by atoms with van der Waals surface area (Å²) in [7, 11) is 0. The average molecular weight is 570 g/mol. The van der Waals surface area contributed by atoms with E-state index < -0.39 is 11.8 Å². The van der Waals surface area contributed by atoms with Crippen LogP contribution in [0.4, 0.5) is 4.39 Å². The summed E-state index contributed by atoms with van der Waals surface area (Å²) in [6.45, 7) is 4.15. The van der Waals surface area contributed by atoms with Crippen molar-refractivity contribution in [2.45, 2.75) is 64.7 Å². The monoisotopic (exact) mass is 569 g/mol. The molecular weight excluding hydrogens is 533 g/mol.